The Kier molecular flexibility index (Phi) is 14.9. The zero-order valence-corrected chi connectivity index (χ0v) is 31.5. The van der Waals surface area contributed by atoms with Crippen molar-refractivity contribution in [3.63, 3.8) is 0 Å². The number of fused-ring (bicyclic) bond motifs is 5. The van der Waals surface area contributed by atoms with Gasteiger partial charge in [0.1, 0.15) is 0 Å². The summed E-state index contributed by atoms with van der Waals surface area (Å²) in [6.45, 7) is 15.5. The van der Waals surface area contributed by atoms with Gasteiger partial charge in [0.05, 0.1) is 12.2 Å². The number of unbranched alkanes of at least 4 members (excludes halogenated alkanes) is 5. The highest BCUT2D eigenvalue weighted by Gasteiger charge is 2.62. The molecule has 0 heterocycles. The number of rotatable bonds is 20. The molecule has 0 aromatic rings. The van der Waals surface area contributed by atoms with Crippen LogP contribution in [0.1, 0.15) is 144 Å². The highest BCUT2D eigenvalue weighted by atomic mass is 32.3. The molecule has 4 saturated carbocycles. The number of nitrogens with one attached hydrogen (secondary N) is 2. The van der Waals surface area contributed by atoms with Crippen LogP contribution >= 0.6 is 0 Å². The maximum absolute atomic E-state index is 11.8. The Bertz CT molecular complexity index is 1040. The molecule has 4 aliphatic rings. The van der Waals surface area contributed by atoms with Crippen LogP contribution in [0.25, 0.3) is 0 Å². The lowest BCUT2D eigenvalue weighted by Gasteiger charge is -2.62. The Labute approximate surface area is 288 Å². The fourth-order valence-electron chi connectivity index (χ4n) is 11.4. The largest absolute Gasteiger partial charge is 0.397 e. The molecule has 6 N–H and O–H groups in total. The number of aliphatic hydroxyl groups excluding tert-OH is 1. The normalized spacial score (nSPS) is 36.9. The molecule has 47 heavy (non-hydrogen) atoms. The third-order valence-electron chi connectivity index (χ3n) is 14.1. The van der Waals surface area contributed by atoms with Crippen LogP contribution in [0.2, 0.25) is 0 Å². The molecular weight excluding hydrogens is 611 g/mol. The van der Waals surface area contributed by atoms with Crippen LogP contribution in [-0.2, 0) is 14.6 Å². The van der Waals surface area contributed by atoms with E-state index >= 15 is 0 Å². The minimum atomic E-state index is -4.46. The van der Waals surface area contributed by atoms with E-state index in [2.05, 4.69) is 31.4 Å². The molecule has 276 valence electrons. The zero-order valence-electron chi connectivity index (χ0n) is 30.7. The third-order valence-corrected chi connectivity index (χ3v) is 14.6. The summed E-state index contributed by atoms with van der Waals surface area (Å²) in [5.74, 6) is 3.22. The number of nitrogens with two attached hydrogens (primary N) is 1. The van der Waals surface area contributed by atoms with Gasteiger partial charge in [-0.05, 0) is 162 Å². The topological polar surface area (TPSA) is 134 Å². The van der Waals surface area contributed by atoms with Crippen molar-refractivity contribution in [1.29, 1.82) is 0 Å². The highest BCUT2D eigenvalue weighted by Crippen LogP contribution is 2.68. The second-order valence-electron chi connectivity index (χ2n) is 17.3. The van der Waals surface area contributed by atoms with E-state index in [1.165, 1.54) is 89.9 Å². The van der Waals surface area contributed by atoms with Crippen LogP contribution in [0.5, 0.6) is 0 Å². The van der Waals surface area contributed by atoms with E-state index in [-0.39, 0.29) is 17.4 Å². The van der Waals surface area contributed by atoms with Crippen LogP contribution in [0, 0.1) is 52.3 Å². The molecule has 0 aromatic carbocycles. The first-order valence-electron chi connectivity index (χ1n) is 19.8. The third kappa shape index (κ3) is 10.2. The minimum Gasteiger partial charge on any atom is -0.393 e. The van der Waals surface area contributed by atoms with E-state index in [0.717, 1.165) is 39.0 Å². The lowest BCUT2D eigenvalue weighted by atomic mass is 9.43. The summed E-state index contributed by atoms with van der Waals surface area (Å²) in [6, 6.07) is 0.579. The van der Waals surface area contributed by atoms with Gasteiger partial charge in [0.2, 0.25) is 0 Å². The molecule has 9 heteroatoms. The van der Waals surface area contributed by atoms with Gasteiger partial charge in [0.15, 0.2) is 0 Å². The molecule has 0 amide bonds. The SMILES string of the molecule is CC(C)[C@@H](CC[C@@H](C)[C@H]1CC[C@H]2[C@@H]3[C@H](O)C[C@H]4C[C@@H](NCCCNCCCCCCCCN)CC[C@]4(C)[C@H]3CC[C@]12C)OS(=O)(=O)O. The first-order chi connectivity index (χ1) is 22.3. The molecule has 4 rings (SSSR count). The van der Waals surface area contributed by atoms with Crippen LogP contribution in [0.3, 0.4) is 0 Å². The fourth-order valence-corrected chi connectivity index (χ4v) is 12.0. The van der Waals surface area contributed by atoms with Gasteiger partial charge < -0.3 is 21.5 Å². The average molecular weight is 684 g/mol. The Hall–Kier alpha value is -0.290. The summed E-state index contributed by atoms with van der Waals surface area (Å²) in [6.07, 6.45) is 19.3. The standard InChI is InChI=1S/C38H73N3O5S/c1-27(2)35(46-47(43,44)45)16-13-28(3)31-14-15-32-36-33(18-20-38(31,32)5)37(4)19-17-30(25-29(37)26-34(36)42)41-24-12-23-40-22-11-9-7-6-8-10-21-39/h27-36,40-42H,6-26,39H2,1-5H3,(H,43,44,45)/t28-,29-,30+,31-,32+,33+,34-,35-,36+,37+,38-/m1/s1. The summed E-state index contributed by atoms with van der Waals surface area (Å²) in [4.78, 5) is 0. The second kappa shape index (κ2) is 17.8. The summed E-state index contributed by atoms with van der Waals surface area (Å²) in [5, 5.41) is 19.4. The lowest BCUT2D eigenvalue weighted by Crippen LogP contribution is -2.59. The van der Waals surface area contributed by atoms with Crippen LogP contribution in [0.4, 0.5) is 0 Å². The predicted molar refractivity (Wildman–Crippen MR) is 192 cm³/mol. The van der Waals surface area contributed by atoms with Crippen molar-refractivity contribution in [2.75, 3.05) is 26.2 Å². The monoisotopic (exact) mass is 684 g/mol. The molecule has 0 saturated heterocycles. The van der Waals surface area contributed by atoms with Crippen molar-refractivity contribution in [2.24, 2.45) is 58.0 Å². The maximum Gasteiger partial charge on any atom is 0.397 e. The van der Waals surface area contributed by atoms with Crippen LogP contribution in [-0.4, -0.2) is 62.5 Å². The van der Waals surface area contributed by atoms with Crippen LogP contribution in [0.15, 0.2) is 0 Å². The van der Waals surface area contributed by atoms with Gasteiger partial charge in [-0.3, -0.25) is 4.55 Å². The van der Waals surface area contributed by atoms with E-state index in [4.69, 9.17) is 9.92 Å². The zero-order chi connectivity index (χ0) is 34.2. The van der Waals surface area contributed by atoms with Gasteiger partial charge in [0.25, 0.3) is 0 Å². The number of hydrogen-bond acceptors (Lipinski definition) is 7. The van der Waals surface area contributed by atoms with Gasteiger partial charge in [-0.25, -0.2) is 4.18 Å². The van der Waals surface area contributed by atoms with E-state index < -0.39 is 16.5 Å². The molecule has 0 aromatic heterocycles. The van der Waals surface area contributed by atoms with Crippen molar-refractivity contribution in [1.82, 2.24) is 10.6 Å². The van der Waals surface area contributed by atoms with E-state index in [0.29, 0.717) is 53.4 Å². The number of hydrogen-bond donors (Lipinski definition) is 5. The molecule has 0 radical (unpaired) electrons. The van der Waals surface area contributed by atoms with Gasteiger partial charge in [0, 0.05) is 6.04 Å². The van der Waals surface area contributed by atoms with E-state index in [1.807, 2.05) is 13.8 Å². The molecule has 11 atom stereocenters. The highest BCUT2D eigenvalue weighted by molar-refractivity contribution is 7.80. The Balaban J connectivity index is 1.23. The maximum atomic E-state index is 11.8. The minimum absolute atomic E-state index is 0.0154. The molecule has 8 nitrogen and oxygen atoms in total. The quantitative estimate of drug-likeness (QED) is 0.0677. The smallest absolute Gasteiger partial charge is 0.393 e. The van der Waals surface area contributed by atoms with Crippen LogP contribution < -0.4 is 16.4 Å². The molecule has 0 spiro atoms. The predicted octanol–water partition coefficient (Wildman–Crippen LogP) is 7.11. The summed E-state index contributed by atoms with van der Waals surface area (Å²) >= 11 is 0. The summed E-state index contributed by atoms with van der Waals surface area (Å²) < 4.78 is 37.2. The first-order valence-corrected chi connectivity index (χ1v) is 21.1. The fraction of sp³-hybridized carbons (Fsp3) is 1.00. The van der Waals surface area contributed by atoms with E-state index in [1.54, 1.807) is 0 Å². The van der Waals surface area contributed by atoms with E-state index in [9.17, 15) is 18.1 Å². The summed E-state index contributed by atoms with van der Waals surface area (Å²) in [7, 11) is -4.46. The Morgan fingerprint density at radius 3 is 2.19 bits per heavy atom. The molecule has 4 fully saturated rings. The van der Waals surface area contributed by atoms with Crippen molar-refractivity contribution >= 4 is 10.4 Å². The molecule has 4 aliphatic carbocycles. The number of aliphatic hydroxyl groups is 1. The first kappa shape index (κ1) is 39.5. The molecule has 0 bridgehead atoms. The Morgan fingerprint density at radius 2 is 1.49 bits per heavy atom. The van der Waals surface area contributed by atoms with Crippen molar-refractivity contribution in [3.8, 4) is 0 Å². The average Bonchev–Trinajstić information content (AvgIpc) is 3.36. The van der Waals surface area contributed by atoms with Crippen molar-refractivity contribution < 1.29 is 22.3 Å². The van der Waals surface area contributed by atoms with Crippen molar-refractivity contribution in [2.45, 2.75) is 162 Å². The molecule has 0 unspecified atom stereocenters. The second-order valence-corrected chi connectivity index (χ2v) is 18.4. The van der Waals surface area contributed by atoms with Crippen molar-refractivity contribution in [3.05, 3.63) is 0 Å². The van der Waals surface area contributed by atoms with Gasteiger partial charge in [-0.1, -0.05) is 60.3 Å². The van der Waals surface area contributed by atoms with Gasteiger partial charge >= 0.3 is 10.4 Å². The van der Waals surface area contributed by atoms with Gasteiger partial charge in [-0.2, -0.15) is 8.42 Å². The van der Waals surface area contributed by atoms with Gasteiger partial charge in [-0.15, -0.1) is 0 Å². The summed E-state index contributed by atoms with van der Waals surface area (Å²) in [5.41, 5.74) is 6.13. The molecule has 0 aliphatic heterocycles. The lowest BCUT2D eigenvalue weighted by molar-refractivity contribution is -0.167. The Morgan fingerprint density at radius 1 is 0.830 bits per heavy atom. The molecular formula is C38H73N3O5S.